The van der Waals surface area contributed by atoms with Crippen molar-refractivity contribution < 1.29 is 4.74 Å². The van der Waals surface area contributed by atoms with Gasteiger partial charge in [-0.05, 0) is 36.1 Å². The highest BCUT2D eigenvalue weighted by Crippen LogP contribution is 2.49. The van der Waals surface area contributed by atoms with Crippen molar-refractivity contribution in [2.75, 3.05) is 18.8 Å². The number of benzene rings is 3. The van der Waals surface area contributed by atoms with Crippen molar-refractivity contribution in [2.24, 2.45) is 0 Å². The topological polar surface area (TPSA) is 21.3 Å². The monoisotopic (exact) mass is 389 g/mol. The molecule has 0 bridgehead atoms. The van der Waals surface area contributed by atoms with Gasteiger partial charge < -0.3 is 10.1 Å². The zero-order valence-corrected chi connectivity index (χ0v) is 16.9. The molecule has 0 saturated carbocycles. The molecule has 1 aliphatic rings. The number of thioether (sulfide) groups is 1. The van der Waals surface area contributed by atoms with Gasteiger partial charge in [0.15, 0.2) is 4.93 Å². The van der Waals surface area contributed by atoms with Gasteiger partial charge in [-0.3, -0.25) is 0 Å². The fraction of sp³-hybridized carbons (Fsp3) is 0.280. The second-order valence-corrected chi connectivity index (χ2v) is 8.39. The molecule has 2 nitrogen and oxygen atoms in total. The Morgan fingerprint density at radius 3 is 2.00 bits per heavy atom. The number of nitrogens with one attached hydrogen (secondary N) is 1. The van der Waals surface area contributed by atoms with Crippen molar-refractivity contribution in [3.8, 4) is 0 Å². The summed E-state index contributed by atoms with van der Waals surface area (Å²) in [5, 5.41) is 3.60. The SMILES string of the molecule is c1ccc(CCCNCC2CSC(c3ccccc3)(c3ccccc3)O2)cc1. The van der Waals surface area contributed by atoms with Crippen molar-refractivity contribution in [1.29, 1.82) is 0 Å². The Morgan fingerprint density at radius 2 is 1.39 bits per heavy atom. The first-order chi connectivity index (χ1) is 13.9. The molecule has 4 rings (SSSR count). The molecule has 0 spiro atoms. The summed E-state index contributed by atoms with van der Waals surface area (Å²) in [5.74, 6) is 0.996. The van der Waals surface area contributed by atoms with Crippen LogP contribution < -0.4 is 5.32 Å². The highest BCUT2D eigenvalue weighted by atomic mass is 32.2. The van der Waals surface area contributed by atoms with Gasteiger partial charge in [0.25, 0.3) is 0 Å². The van der Waals surface area contributed by atoms with Crippen LogP contribution in [0.25, 0.3) is 0 Å². The zero-order chi connectivity index (χ0) is 19.1. The Morgan fingerprint density at radius 1 is 0.821 bits per heavy atom. The van der Waals surface area contributed by atoms with Gasteiger partial charge in [-0.2, -0.15) is 0 Å². The van der Waals surface area contributed by atoms with Crippen molar-refractivity contribution in [3.63, 3.8) is 0 Å². The molecular formula is C25H27NOS. The molecule has 1 fully saturated rings. The van der Waals surface area contributed by atoms with Gasteiger partial charge in [0.1, 0.15) is 0 Å². The van der Waals surface area contributed by atoms with Crippen LogP contribution in [-0.2, 0) is 16.1 Å². The van der Waals surface area contributed by atoms with E-state index in [0.717, 1.165) is 31.7 Å². The number of rotatable bonds is 8. The second kappa shape index (κ2) is 9.42. The van der Waals surface area contributed by atoms with E-state index in [-0.39, 0.29) is 6.10 Å². The fourth-order valence-electron chi connectivity index (χ4n) is 3.72. The predicted octanol–water partition coefficient (Wildman–Crippen LogP) is 5.24. The zero-order valence-electron chi connectivity index (χ0n) is 16.1. The van der Waals surface area contributed by atoms with Gasteiger partial charge in [-0.1, -0.05) is 91.0 Å². The maximum Gasteiger partial charge on any atom is 0.165 e. The minimum Gasteiger partial charge on any atom is -0.350 e. The van der Waals surface area contributed by atoms with E-state index in [1.54, 1.807) is 0 Å². The molecule has 3 aromatic rings. The Bertz CT molecular complexity index is 799. The van der Waals surface area contributed by atoms with E-state index >= 15 is 0 Å². The van der Waals surface area contributed by atoms with Gasteiger partial charge >= 0.3 is 0 Å². The minimum absolute atomic E-state index is 0.210. The third-order valence-corrected chi connectivity index (χ3v) is 6.66. The van der Waals surface area contributed by atoms with Crippen molar-refractivity contribution >= 4 is 11.8 Å². The molecular weight excluding hydrogens is 362 g/mol. The summed E-state index contributed by atoms with van der Waals surface area (Å²) in [6.07, 6.45) is 2.47. The molecule has 3 aromatic carbocycles. The molecule has 0 aliphatic carbocycles. The lowest BCUT2D eigenvalue weighted by Crippen LogP contribution is -2.32. The highest BCUT2D eigenvalue weighted by Gasteiger charge is 2.43. The number of ether oxygens (including phenoxy) is 1. The summed E-state index contributed by atoms with van der Waals surface area (Å²) < 4.78 is 6.69. The quantitative estimate of drug-likeness (QED) is 0.532. The van der Waals surface area contributed by atoms with Crippen molar-refractivity contribution in [3.05, 3.63) is 108 Å². The summed E-state index contributed by atoms with van der Waals surface area (Å²) in [6, 6.07) is 31.9. The average molecular weight is 390 g/mol. The van der Waals surface area contributed by atoms with Gasteiger partial charge in [-0.15, -0.1) is 11.8 Å². The molecule has 0 radical (unpaired) electrons. The van der Waals surface area contributed by atoms with Crippen LogP contribution in [0.5, 0.6) is 0 Å². The number of aryl methyl sites for hydroxylation is 1. The number of hydrogen-bond acceptors (Lipinski definition) is 3. The molecule has 1 unspecified atom stereocenters. The van der Waals surface area contributed by atoms with E-state index in [0.29, 0.717) is 0 Å². The van der Waals surface area contributed by atoms with Crippen LogP contribution in [0.4, 0.5) is 0 Å². The van der Waals surface area contributed by atoms with E-state index in [2.05, 4.69) is 96.3 Å². The van der Waals surface area contributed by atoms with Gasteiger partial charge in [0, 0.05) is 12.3 Å². The van der Waals surface area contributed by atoms with Crippen LogP contribution in [0.15, 0.2) is 91.0 Å². The van der Waals surface area contributed by atoms with Gasteiger partial charge in [0.2, 0.25) is 0 Å². The minimum atomic E-state index is -0.404. The lowest BCUT2D eigenvalue weighted by Gasteiger charge is -2.30. The van der Waals surface area contributed by atoms with Crippen LogP contribution in [0.1, 0.15) is 23.1 Å². The van der Waals surface area contributed by atoms with E-state index in [4.69, 9.17) is 4.74 Å². The van der Waals surface area contributed by atoms with Crippen molar-refractivity contribution in [1.82, 2.24) is 5.32 Å². The van der Waals surface area contributed by atoms with Crippen LogP contribution >= 0.6 is 11.8 Å². The van der Waals surface area contributed by atoms with Crippen molar-refractivity contribution in [2.45, 2.75) is 23.9 Å². The molecule has 1 N–H and O–H groups in total. The van der Waals surface area contributed by atoms with Gasteiger partial charge in [0.05, 0.1) is 6.10 Å². The standard InChI is InChI=1S/C25H27NOS/c1-4-11-21(12-5-1)13-10-18-26-19-24-20-28-25(27-24,22-14-6-2-7-15-22)23-16-8-3-9-17-23/h1-9,11-12,14-17,24,26H,10,13,18-20H2. The molecule has 28 heavy (non-hydrogen) atoms. The summed E-state index contributed by atoms with van der Waals surface area (Å²) >= 11 is 1.90. The maximum absolute atomic E-state index is 6.69. The lowest BCUT2D eigenvalue weighted by atomic mass is 10.0. The predicted molar refractivity (Wildman–Crippen MR) is 119 cm³/mol. The van der Waals surface area contributed by atoms with Crippen LogP contribution in [0.3, 0.4) is 0 Å². The molecule has 3 heteroatoms. The van der Waals surface area contributed by atoms with E-state index in [9.17, 15) is 0 Å². The van der Waals surface area contributed by atoms with E-state index in [1.807, 2.05) is 11.8 Å². The third-order valence-electron chi connectivity index (χ3n) is 5.15. The Balaban J connectivity index is 1.35. The summed E-state index contributed by atoms with van der Waals surface area (Å²) in [5.41, 5.74) is 3.85. The normalized spacial score (nSPS) is 18.2. The smallest absolute Gasteiger partial charge is 0.165 e. The average Bonchev–Trinajstić information content (AvgIpc) is 3.21. The van der Waals surface area contributed by atoms with Crippen LogP contribution in [-0.4, -0.2) is 24.9 Å². The molecule has 1 heterocycles. The third kappa shape index (κ3) is 4.49. The highest BCUT2D eigenvalue weighted by molar-refractivity contribution is 8.00. The molecule has 0 amide bonds. The molecule has 144 valence electrons. The maximum atomic E-state index is 6.69. The van der Waals surface area contributed by atoms with Gasteiger partial charge in [-0.25, -0.2) is 0 Å². The first-order valence-electron chi connectivity index (χ1n) is 10.0. The second-order valence-electron chi connectivity index (χ2n) is 7.19. The Kier molecular flexibility index (Phi) is 6.48. The van der Waals surface area contributed by atoms with E-state index < -0.39 is 4.93 Å². The summed E-state index contributed by atoms with van der Waals surface area (Å²) in [7, 11) is 0. The molecule has 1 atom stereocenters. The molecule has 1 aliphatic heterocycles. The fourth-order valence-corrected chi connectivity index (χ4v) is 5.14. The summed E-state index contributed by atoms with van der Waals surface area (Å²) in [6.45, 7) is 1.91. The Labute approximate surface area is 172 Å². The lowest BCUT2D eigenvalue weighted by molar-refractivity contribution is 0.0156. The first-order valence-corrected chi connectivity index (χ1v) is 11.0. The molecule has 1 saturated heterocycles. The number of hydrogen-bond donors (Lipinski definition) is 1. The first kappa shape index (κ1) is 19.3. The summed E-state index contributed by atoms with van der Waals surface area (Å²) in [4.78, 5) is -0.404. The van der Waals surface area contributed by atoms with Crippen LogP contribution in [0, 0.1) is 0 Å². The molecule has 0 aromatic heterocycles. The van der Waals surface area contributed by atoms with E-state index in [1.165, 1.54) is 16.7 Å². The largest absolute Gasteiger partial charge is 0.350 e. The van der Waals surface area contributed by atoms with Crippen LogP contribution in [0.2, 0.25) is 0 Å². The Hall–Kier alpha value is -2.07.